The first-order valence-electron chi connectivity index (χ1n) is 6.70. The molecular weight excluding hydrogens is 230 g/mol. The predicted molar refractivity (Wildman–Crippen MR) is 81.8 cm³/mol. The quantitative estimate of drug-likeness (QED) is 0.816. The molecule has 0 spiro atoms. The summed E-state index contributed by atoms with van der Waals surface area (Å²) in [5.74, 6) is 0. The largest absolute Gasteiger partial charge is 0.356 e. The highest BCUT2D eigenvalue weighted by atomic mass is 14.9. The third-order valence-electron chi connectivity index (χ3n) is 3.31. The van der Waals surface area contributed by atoms with E-state index in [1.165, 1.54) is 16.8 Å². The second kappa shape index (κ2) is 5.57. The highest BCUT2D eigenvalue weighted by Crippen LogP contribution is 2.26. The van der Waals surface area contributed by atoms with Gasteiger partial charge in [0.2, 0.25) is 0 Å². The molecule has 0 aromatic heterocycles. The maximum Gasteiger partial charge on any atom is 0.0384 e. The number of rotatable bonds is 3. The fourth-order valence-electron chi connectivity index (χ4n) is 2.36. The lowest BCUT2D eigenvalue weighted by Gasteiger charge is -2.16. The van der Waals surface area contributed by atoms with Crippen molar-refractivity contribution in [1.82, 2.24) is 0 Å². The van der Waals surface area contributed by atoms with E-state index in [0.717, 1.165) is 18.5 Å². The van der Waals surface area contributed by atoms with Gasteiger partial charge in [-0.1, -0.05) is 54.6 Å². The van der Waals surface area contributed by atoms with E-state index in [1.54, 1.807) is 0 Å². The van der Waals surface area contributed by atoms with E-state index in [-0.39, 0.29) is 0 Å². The van der Waals surface area contributed by atoms with Gasteiger partial charge in [0.15, 0.2) is 0 Å². The molecule has 1 aliphatic carbocycles. The smallest absolute Gasteiger partial charge is 0.0384 e. The number of para-hydroxylation sites is 1. The molecule has 0 bridgehead atoms. The van der Waals surface area contributed by atoms with Gasteiger partial charge in [-0.05, 0) is 42.2 Å². The van der Waals surface area contributed by atoms with Crippen LogP contribution in [0.3, 0.4) is 0 Å². The number of benzene rings is 2. The molecule has 0 saturated heterocycles. The van der Waals surface area contributed by atoms with E-state index < -0.39 is 0 Å². The summed E-state index contributed by atoms with van der Waals surface area (Å²) in [6.07, 6.45) is 6.73. The van der Waals surface area contributed by atoms with Crippen LogP contribution in [0.1, 0.15) is 18.4 Å². The molecule has 0 atom stereocenters. The molecule has 2 aromatic rings. The Labute approximate surface area is 114 Å². The summed E-state index contributed by atoms with van der Waals surface area (Å²) in [5.41, 5.74) is 5.06. The number of hydrogen-bond donors (Lipinski definition) is 1. The molecule has 3 rings (SSSR count). The zero-order valence-corrected chi connectivity index (χ0v) is 10.8. The molecule has 0 amide bonds. The van der Waals surface area contributed by atoms with E-state index in [9.17, 15) is 0 Å². The van der Waals surface area contributed by atoms with E-state index in [0.29, 0.717) is 0 Å². The molecule has 94 valence electrons. The fourth-order valence-corrected chi connectivity index (χ4v) is 2.36. The molecule has 1 nitrogen and oxygen atoms in total. The van der Waals surface area contributed by atoms with Gasteiger partial charge in [-0.25, -0.2) is 0 Å². The van der Waals surface area contributed by atoms with Crippen molar-refractivity contribution in [2.45, 2.75) is 12.8 Å². The van der Waals surface area contributed by atoms with Crippen molar-refractivity contribution in [3.8, 4) is 0 Å². The van der Waals surface area contributed by atoms with E-state index in [1.807, 2.05) is 18.2 Å². The first-order valence-corrected chi connectivity index (χ1v) is 6.70. The van der Waals surface area contributed by atoms with Crippen molar-refractivity contribution in [2.75, 3.05) is 5.32 Å². The van der Waals surface area contributed by atoms with Gasteiger partial charge in [0.05, 0.1) is 0 Å². The summed E-state index contributed by atoms with van der Waals surface area (Å²) in [6, 6.07) is 20.9. The number of hydrogen-bond acceptors (Lipinski definition) is 1. The SMILES string of the molecule is C1=C(Nc2ccccc2)C=C(c2ccccc2)CC1. The first kappa shape index (κ1) is 11.8. The van der Waals surface area contributed by atoms with Crippen LogP contribution in [-0.4, -0.2) is 0 Å². The highest BCUT2D eigenvalue weighted by Gasteiger charge is 2.07. The lowest BCUT2D eigenvalue weighted by atomic mass is 9.96. The van der Waals surface area contributed by atoms with Crippen LogP contribution < -0.4 is 5.32 Å². The molecule has 19 heavy (non-hydrogen) atoms. The molecule has 2 aromatic carbocycles. The molecule has 1 aliphatic rings. The summed E-state index contributed by atoms with van der Waals surface area (Å²) < 4.78 is 0. The van der Waals surface area contributed by atoms with Crippen molar-refractivity contribution >= 4 is 11.3 Å². The lowest BCUT2D eigenvalue weighted by Crippen LogP contribution is -2.01. The Hall–Kier alpha value is -2.28. The monoisotopic (exact) mass is 247 g/mol. The Bertz CT molecular complexity index is 594. The van der Waals surface area contributed by atoms with Crippen LogP contribution in [0.4, 0.5) is 5.69 Å². The lowest BCUT2D eigenvalue weighted by molar-refractivity contribution is 1.04. The van der Waals surface area contributed by atoms with Crippen molar-refractivity contribution in [1.29, 1.82) is 0 Å². The molecular formula is C18H17N. The third kappa shape index (κ3) is 2.94. The fraction of sp³-hybridized carbons (Fsp3) is 0.111. The van der Waals surface area contributed by atoms with Crippen LogP contribution in [0.25, 0.3) is 5.57 Å². The molecule has 0 aliphatic heterocycles. The number of anilines is 1. The minimum absolute atomic E-state index is 1.09. The van der Waals surface area contributed by atoms with Gasteiger partial charge >= 0.3 is 0 Å². The van der Waals surface area contributed by atoms with Crippen molar-refractivity contribution in [2.24, 2.45) is 0 Å². The summed E-state index contributed by atoms with van der Waals surface area (Å²) in [7, 11) is 0. The number of nitrogens with one attached hydrogen (secondary N) is 1. The zero-order chi connectivity index (χ0) is 12.9. The molecule has 0 heterocycles. The van der Waals surface area contributed by atoms with Gasteiger partial charge in [-0.2, -0.15) is 0 Å². The topological polar surface area (TPSA) is 12.0 Å². The second-order valence-corrected chi connectivity index (χ2v) is 4.72. The Morgan fingerprint density at radius 3 is 2.21 bits per heavy atom. The Balaban J connectivity index is 1.81. The van der Waals surface area contributed by atoms with Gasteiger partial charge < -0.3 is 5.32 Å². The first-order chi connectivity index (χ1) is 9.42. The average Bonchev–Trinajstić information content (AvgIpc) is 2.49. The van der Waals surface area contributed by atoms with Gasteiger partial charge in [0, 0.05) is 11.4 Å². The Morgan fingerprint density at radius 1 is 0.789 bits per heavy atom. The van der Waals surface area contributed by atoms with E-state index in [4.69, 9.17) is 0 Å². The minimum atomic E-state index is 1.09. The Kier molecular flexibility index (Phi) is 3.46. The van der Waals surface area contributed by atoms with Crippen LogP contribution >= 0.6 is 0 Å². The van der Waals surface area contributed by atoms with Gasteiger partial charge in [0.25, 0.3) is 0 Å². The maximum absolute atomic E-state index is 3.47. The Morgan fingerprint density at radius 2 is 1.47 bits per heavy atom. The summed E-state index contributed by atoms with van der Waals surface area (Å²) in [4.78, 5) is 0. The van der Waals surface area contributed by atoms with Gasteiger partial charge in [0.1, 0.15) is 0 Å². The molecule has 1 heteroatoms. The molecule has 0 saturated carbocycles. The van der Waals surface area contributed by atoms with Gasteiger partial charge in [-0.3, -0.25) is 0 Å². The molecule has 1 N–H and O–H groups in total. The molecule has 0 unspecified atom stereocenters. The molecule has 0 radical (unpaired) electrons. The summed E-state index contributed by atoms with van der Waals surface area (Å²) in [5, 5.41) is 3.47. The number of allylic oxidation sites excluding steroid dienone is 3. The third-order valence-corrected chi connectivity index (χ3v) is 3.31. The van der Waals surface area contributed by atoms with E-state index >= 15 is 0 Å². The standard InChI is InChI=1S/C18H17N/c1-3-8-15(9-4-1)16-10-7-13-18(14-16)19-17-11-5-2-6-12-17/h1-6,8-9,11-14,19H,7,10H2. The van der Waals surface area contributed by atoms with Crippen LogP contribution in [0, 0.1) is 0 Å². The summed E-state index contributed by atoms with van der Waals surface area (Å²) in [6.45, 7) is 0. The maximum atomic E-state index is 3.47. The average molecular weight is 247 g/mol. The predicted octanol–water partition coefficient (Wildman–Crippen LogP) is 4.86. The minimum Gasteiger partial charge on any atom is -0.356 e. The van der Waals surface area contributed by atoms with Crippen molar-refractivity contribution in [3.63, 3.8) is 0 Å². The van der Waals surface area contributed by atoms with Gasteiger partial charge in [-0.15, -0.1) is 0 Å². The van der Waals surface area contributed by atoms with E-state index in [2.05, 4.69) is 59.9 Å². The summed E-state index contributed by atoms with van der Waals surface area (Å²) >= 11 is 0. The normalized spacial score (nSPS) is 14.5. The van der Waals surface area contributed by atoms with Crippen molar-refractivity contribution < 1.29 is 0 Å². The van der Waals surface area contributed by atoms with Crippen LogP contribution in [0.5, 0.6) is 0 Å². The van der Waals surface area contributed by atoms with Crippen LogP contribution in [-0.2, 0) is 0 Å². The zero-order valence-electron chi connectivity index (χ0n) is 10.8. The van der Waals surface area contributed by atoms with Crippen molar-refractivity contribution in [3.05, 3.63) is 84.1 Å². The highest BCUT2D eigenvalue weighted by molar-refractivity contribution is 5.71. The van der Waals surface area contributed by atoms with Crippen LogP contribution in [0.15, 0.2) is 78.5 Å². The second-order valence-electron chi connectivity index (χ2n) is 4.72. The van der Waals surface area contributed by atoms with Crippen LogP contribution in [0.2, 0.25) is 0 Å². The molecule has 0 fully saturated rings.